The van der Waals surface area contributed by atoms with Crippen LogP contribution in [0.5, 0.6) is 0 Å². The van der Waals surface area contributed by atoms with Gasteiger partial charge in [0.05, 0.1) is 25.9 Å². The van der Waals surface area contributed by atoms with Crippen molar-refractivity contribution in [2.45, 2.75) is 54.8 Å². The molecule has 1 N–H and O–H groups in total. The molecule has 7 nitrogen and oxygen atoms in total. The first-order valence-corrected chi connectivity index (χ1v) is 12.4. The first-order valence-electron chi connectivity index (χ1n) is 11.5. The number of benzene rings is 3. The molecule has 0 saturated carbocycles. The van der Waals surface area contributed by atoms with E-state index in [4.69, 9.17) is 14.2 Å². The van der Waals surface area contributed by atoms with Gasteiger partial charge in [-0.2, -0.15) is 0 Å². The summed E-state index contributed by atoms with van der Waals surface area (Å²) in [6.07, 6.45) is -2.43. The minimum atomic E-state index is -1.03. The molecule has 0 aromatic heterocycles. The third kappa shape index (κ3) is 7.08. The summed E-state index contributed by atoms with van der Waals surface area (Å²) >= 11 is 1.45. The normalized spacial score (nSPS) is 24.0. The summed E-state index contributed by atoms with van der Waals surface area (Å²) in [4.78, 5) is 4.01. The lowest BCUT2D eigenvalue weighted by Gasteiger charge is -2.42. The van der Waals surface area contributed by atoms with Crippen LogP contribution in [0, 0.1) is 6.92 Å². The fraction of sp³-hybridized carbons (Fsp3) is 0.333. The molecule has 0 bridgehead atoms. The Morgan fingerprint density at radius 3 is 2.20 bits per heavy atom. The van der Waals surface area contributed by atoms with Crippen LogP contribution in [0.4, 0.5) is 0 Å². The van der Waals surface area contributed by atoms with Crippen LogP contribution < -0.4 is 0 Å². The van der Waals surface area contributed by atoms with E-state index in [-0.39, 0.29) is 13.2 Å². The van der Waals surface area contributed by atoms with Gasteiger partial charge in [0.25, 0.3) is 0 Å². The number of aliphatic hydroxyl groups is 1. The largest absolute Gasteiger partial charge is 0.388 e. The predicted octanol–water partition coefficient (Wildman–Crippen LogP) is 5.65. The number of ether oxygens (including phenoxy) is 3. The molecule has 8 heteroatoms. The van der Waals surface area contributed by atoms with Crippen LogP contribution in [-0.2, 0) is 27.4 Å². The molecular weight excluding hydrogens is 462 g/mol. The quantitative estimate of drug-likeness (QED) is 0.224. The molecule has 1 heterocycles. The Labute approximate surface area is 209 Å². The summed E-state index contributed by atoms with van der Waals surface area (Å²) in [5.74, 6) is 0. The topological polar surface area (TPSA) is 96.7 Å². The van der Waals surface area contributed by atoms with Gasteiger partial charge < -0.3 is 19.3 Å². The Bertz CT molecular complexity index is 1090. The van der Waals surface area contributed by atoms with Crippen molar-refractivity contribution in [1.82, 2.24) is 0 Å². The van der Waals surface area contributed by atoms with E-state index in [2.05, 4.69) is 10.0 Å². The zero-order valence-corrected chi connectivity index (χ0v) is 20.3. The highest BCUT2D eigenvalue weighted by atomic mass is 32.2. The van der Waals surface area contributed by atoms with E-state index in [0.717, 1.165) is 21.6 Å². The second-order valence-electron chi connectivity index (χ2n) is 8.42. The zero-order chi connectivity index (χ0) is 24.5. The van der Waals surface area contributed by atoms with Crippen molar-refractivity contribution in [2.75, 3.05) is 6.61 Å². The molecule has 3 aromatic carbocycles. The highest BCUT2D eigenvalue weighted by Crippen LogP contribution is 2.36. The third-order valence-electron chi connectivity index (χ3n) is 5.78. The van der Waals surface area contributed by atoms with E-state index in [0.29, 0.717) is 6.61 Å². The molecule has 4 rings (SSSR count). The molecule has 1 aliphatic heterocycles. The molecule has 5 atom stereocenters. The van der Waals surface area contributed by atoms with E-state index in [1.165, 1.54) is 11.8 Å². The van der Waals surface area contributed by atoms with Crippen LogP contribution in [0.2, 0.25) is 0 Å². The molecular formula is C27H29N3O4S. The zero-order valence-electron chi connectivity index (χ0n) is 19.5. The minimum absolute atomic E-state index is 0.176. The van der Waals surface area contributed by atoms with Gasteiger partial charge in [-0.15, -0.1) is 0 Å². The van der Waals surface area contributed by atoms with Crippen LogP contribution >= 0.6 is 11.8 Å². The molecule has 0 unspecified atom stereocenters. The van der Waals surface area contributed by atoms with Crippen molar-refractivity contribution in [3.63, 3.8) is 0 Å². The summed E-state index contributed by atoms with van der Waals surface area (Å²) in [7, 11) is 0. The van der Waals surface area contributed by atoms with Crippen LogP contribution in [-0.4, -0.2) is 41.5 Å². The molecule has 182 valence electrons. The van der Waals surface area contributed by atoms with Gasteiger partial charge in [0.15, 0.2) is 0 Å². The Morgan fingerprint density at radius 2 is 1.57 bits per heavy atom. The van der Waals surface area contributed by atoms with Gasteiger partial charge in [-0.3, -0.25) is 0 Å². The lowest BCUT2D eigenvalue weighted by atomic mass is 9.98. The van der Waals surface area contributed by atoms with E-state index in [1.807, 2.05) is 91.9 Å². The molecule has 1 fully saturated rings. The Balaban J connectivity index is 1.52. The van der Waals surface area contributed by atoms with Gasteiger partial charge in [0, 0.05) is 9.81 Å². The Hall–Kier alpha value is -2.84. The van der Waals surface area contributed by atoms with Crippen molar-refractivity contribution >= 4 is 11.8 Å². The van der Waals surface area contributed by atoms with Crippen LogP contribution in [0.25, 0.3) is 10.4 Å². The second-order valence-corrected chi connectivity index (χ2v) is 9.59. The molecule has 3 aromatic rings. The molecule has 0 aliphatic carbocycles. The van der Waals surface area contributed by atoms with Gasteiger partial charge >= 0.3 is 0 Å². The van der Waals surface area contributed by atoms with Gasteiger partial charge in [0.1, 0.15) is 23.7 Å². The maximum atomic E-state index is 11.2. The molecule has 0 spiro atoms. The monoisotopic (exact) mass is 491 g/mol. The lowest BCUT2D eigenvalue weighted by Crippen LogP contribution is -2.57. The highest BCUT2D eigenvalue weighted by Gasteiger charge is 2.46. The Kier molecular flexibility index (Phi) is 9.20. The maximum Gasteiger partial charge on any atom is 0.119 e. The predicted molar refractivity (Wildman–Crippen MR) is 136 cm³/mol. The first-order chi connectivity index (χ1) is 17.1. The molecule has 0 amide bonds. The average Bonchev–Trinajstić information content (AvgIpc) is 2.89. The molecule has 1 aliphatic rings. The van der Waals surface area contributed by atoms with Crippen molar-refractivity contribution in [3.05, 3.63) is 112 Å². The average molecular weight is 492 g/mol. The summed E-state index contributed by atoms with van der Waals surface area (Å²) in [5.41, 5.74) is 11.9. The van der Waals surface area contributed by atoms with E-state index < -0.39 is 29.8 Å². The second kappa shape index (κ2) is 12.7. The summed E-state index contributed by atoms with van der Waals surface area (Å²) in [6, 6.07) is 26.8. The van der Waals surface area contributed by atoms with Gasteiger partial charge in [-0.05, 0) is 35.7 Å². The molecule has 0 radical (unpaired) electrons. The maximum absolute atomic E-state index is 11.2. The fourth-order valence-corrected chi connectivity index (χ4v) is 5.01. The smallest absolute Gasteiger partial charge is 0.119 e. The standard InChI is InChI=1S/C27H29N3O4S/c1-19-12-14-22(15-13-19)35-27-24(29-30-28)26(33-17-21-10-6-3-7-11-21)25(31)23(34-27)18-32-16-20-8-4-2-5-9-20/h2-15,23-27,31H,16-18H2,1H3/t23-,24-,25-,26-,27+/m1/s1. The lowest BCUT2D eigenvalue weighted by molar-refractivity contribution is -0.190. The summed E-state index contributed by atoms with van der Waals surface area (Å²) < 4.78 is 18.3. The number of hydrogen-bond donors (Lipinski definition) is 1. The number of nitrogens with zero attached hydrogens (tertiary/aromatic N) is 3. The first kappa shape index (κ1) is 25.3. The van der Waals surface area contributed by atoms with E-state index in [9.17, 15) is 10.6 Å². The van der Waals surface area contributed by atoms with Gasteiger partial charge in [0.2, 0.25) is 0 Å². The van der Waals surface area contributed by atoms with Crippen molar-refractivity contribution in [1.29, 1.82) is 0 Å². The number of thioether (sulfide) groups is 1. The fourth-order valence-electron chi connectivity index (χ4n) is 3.90. The number of aryl methyl sites for hydroxylation is 1. The van der Waals surface area contributed by atoms with Crippen molar-refractivity contribution in [3.8, 4) is 0 Å². The summed E-state index contributed by atoms with van der Waals surface area (Å²) in [5, 5.41) is 15.2. The third-order valence-corrected chi connectivity index (χ3v) is 6.95. The number of azide groups is 1. The Morgan fingerprint density at radius 1 is 0.943 bits per heavy atom. The number of rotatable bonds is 10. The minimum Gasteiger partial charge on any atom is -0.388 e. The van der Waals surface area contributed by atoms with Gasteiger partial charge in [-0.25, -0.2) is 0 Å². The van der Waals surface area contributed by atoms with Crippen molar-refractivity contribution in [2.24, 2.45) is 5.11 Å². The van der Waals surface area contributed by atoms with Gasteiger partial charge in [-0.1, -0.05) is 95.2 Å². The molecule has 35 heavy (non-hydrogen) atoms. The molecule has 1 saturated heterocycles. The number of hydrogen-bond acceptors (Lipinski definition) is 6. The highest BCUT2D eigenvalue weighted by molar-refractivity contribution is 7.99. The van der Waals surface area contributed by atoms with Crippen molar-refractivity contribution < 1.29 is 19.3 Å². The van der Waals surface area contributed by atoms with E-state index >= 15 is 0 Å². The number of aliphatic hydroxyl groups excluding tert-OH is 1. The van der Waals surface area contributed by atoms with Crippen LogP contribution in [0.3, 0.4) is 0 Å². The SMILES string of the molecule is Cc1ccc(S[C@@H]2O[C@H](COCc3ccccc3)[C@@H](O)[C@H](OCc3ccccc3)[C@H]2N=[N+]=[N-])cc1. The van der Waals surface area contributed by atoms with Crippen LogP contribution in [0.15, 0.2) is 94.9 Å². The van der Waals surface area contributed by atoms with Crippen LogP contribution in [0.1, 0.15) is 16.7 Å². The summed E-state index contributed by atoms with van der Waals surface area (Å²) in [6.45, 7) is 2.88. The van der Waals surface area contributed by atoms with E-state index in [1.54, 1.807) is 0 Å².